The third kappa shape index (κ3) is 6.03. The molecule has 7 nitrogen and oxygen atoms in total. The van der Waals surface area contributed by atoms with Crippen LogP contribution in [0.1, 0.15) is 18.7 Å². The smallest absolute Gasteiger partial charge is 0.303 e. The Hall–Kier alpha value is -1.41. The van der Waals surface area contributed by atoms with Gasteiger partial charge in [-0.05, 0) is 6.42 Å². The molecule has 0 saturated carbocycles. The van der Waals surface area contributed by atoms with E-state index >= 15 is 0 Å². The molecular formula is C9H15N3O4S. The Labute approximate surface area is 99.3 Å². The van der Waals surface area contributed by atoms with Crippen LogP contribution in [0.5, 0.6) is 0 Å². The molecule has 1 aromatic heterocycles. The number of nitrogens with one attached hydrogen (secondary N) is 2. The lowest BCUT2D eigenvalue weighted by Crippen LogP contribution is -2.28. The molecule has 1 rings (SSSR count). The quantitative estimate of drug-likeness (QED) is 0.596. The fourth-order valence-corrected chi connectivity index (χ4v) is 2.33. The number of aliphatic carboxylic acids is 1. The van der Waals surface area contributed by atoms with Crippen molar-refractivity contribution < 1.29 is 18.3 Å². The summed E-state index contributed by atoms with van der Waals surface area (Å²) in [6, 6.07) is 0. The third-order valence-corrected chi connectivity index (χ3v) is 3.51. The van der Waals surface area contributed by atoms with Crippen molar-refractivity contribution in [3.05, 3.63) is 18.2 Å². The van der Waals surface area contributed by atoms with E-state index < -0.39 is 16.0 Å². The Morgan fingerprint density at radius 2 is 2.29 bits per heavy atom. The van der Waals surface area contributed by atoms with Crippen LogP contribution in [0.15, 0.2) is 12.4 Å². The van der Waals surface area contributed by atoms with Crippen molar-refractivity contribution in [3.8, 4) is 0 Å². The van der Waals surface area contributed by atoms with Crippen molar-refractivity contribution in [2.45, 2.75) is 19.3 Å². The van der Waals surface area contributed by atoms with Crippen molar-refractivity contribution in [1.82, 2.24) is 14.7 Å². The van der Waals surface area contributed by atoms with Crippen molar-refractivity contribution in [2.24, 2.45) is 0 Å². The molecule has 0 atom stereocenters. The number of H-pyrrole nitrogens is 1. The number of imidazole rings is 1. The van der Waals surface area contributed by atoms with Gasteiger partial charge in [0.15, 0.2) is 0 Å². The van der Waals surface area contributed by atoms with E-state index in [0.29, 0.717) is 12.2 Å². The van der Waals surface area contributed by atoms with E-state index in [-0.39, 0.29) is 25.1 Å². The Morgan fingerprint density at radius 3 is 2.88 bits per heavy atom. The first-order valence-electron chi connectivity index (χ1n) is 5.17. The SMILES string of the molecule is O=C(O)CCCS(=O)(=O)NCCc1ncc[nH]1. The minimum Gasteiger partial charge on any atom is -0.481 e. The van der Waals surface area contributed by atoms with E-state index in [2.05, 4.69) is 14.7 Å². The van der Waals surface area contributed by atoms with Gasteiger partial charge in [0.25, 0.3) is 0 Å². The lowest BCUT2D eigenvalue weighted by Gasteiger charge is -2.04. The van der Waals surface area contributed by atoms with Crippen molar-refractivity contribution in [2.75, 3.05) is 12.3 Å². The van der Waals surface area contributed by atoms with Gasteiger partial charge in [0.05, 0.1) is 5.75 Å². The Balaban J connectivity index is 2.22. The van der Waals surface area contributed by atoms with Crippen LogP contribution in [0.3, 0.4) is 0 Å². The lowest BCUT2D eigenvalue weighted by atomic mass is 10.3. The molecule has 8 heteroatoms. The average Bonchev–Trinajstić information content (AvgIpc) is 2.69. The van der Waals surface area contributed by atoms with Gasteiger partial charge in [-0.3, -0.25) is 4.79 Å². The Morgan fingerprint density at radius 1 is 1.53 bits per heavy atom. The maximum Gasteiger partial charge on any atom is 0.303 e. The molecule has 3 N–H and O–H groups in total. The van der Waals surface area contributed by atoms with Gasteiger partial charge < -0.3 is 10.1 Å². The molecule has 0 bridgehead atoms. The van der Waals surface area contributed by atoms with E-state index in [4.69, 9.17) is 5.11 Å². The summed E-state index contributed by atoms with van der Waals surface area (Å²) in [6.07, 6.45) is 3.71. The largest absolute Gasteiger partial charge is 0.481 e. The summed E-state index contributed by atoms with van der Waals surface area (Å²) in [5.74, 6) is -0.453. The number of rotatable bonds is 8. The second kappa shape index (κ2) is 6.36. The highest BCUT2D eigenvalue weighted by molar-refractivity contribution is 7.89. The number of sulfonamides is 1. The van der Waals surface area contributed by atoms with Gasteiger partial charge in [-0.2, -0.15) is 0 Å². The summed E-state index contributed by atoms with van der Waals surface area (Å²) in [7, 11) is -3.39. The molecule has 0 unspecified atom stereocenters. The van der Waals surface area contributed by atoms with Crippen LogP contribution < -0.4 is 4.72 Å². The molecule has 0 saturated heterocycles. The second-order valence-corrected chi connectivity index (χ2v) is 5.42. The van der Waals surface area contributed by atoms with Gasteiger partial charge >= 0.3 is 5.97 Å². The molecule has 17 heavy (non-hydrogen) atoms. The number of hydrogen-bond donors (Lipinski definition) is 3. The lowest BCUT2D eigenvalue weighted by molar-refractivity contribution is -0.137. The molecule has 0 spiro atoms. The highest BCUT2D eigenvalue weighted by Crippen LogP contribution is 1.95. The number of carboxylic acid groups (broad SMARTS) is 1. The minimum absolute atomic E-state index is 0.116. The molecule has 0 aromatic carbocycles. The topological polar surface area (TPSA) is 112 Å². The van der Waals surface area contributed by atoms with E-state index in [1.165, 1.54) is 0 Å². The van der Waals surface area contributed by atoms with E-state index in [9.17, 15) is 13.2 Å². The predicted molar refractivity (Wildman–Crippen MR) is 61.0 cm³/mol. The van der Waals surface area contributed by atoms with Gasteiger partial charge in [-0.1, -0.05) is 0 Å². The summed E-state index contributed by atoms with van der Waals surface area (Å²) < 4.78 is 25.2. The van der Waals surface area contributed by atoms with Crippen LogP contribution in [0.2, 0.25) is 0 Å². The van der Waals surface area contributed by atoms with Crippen LogP contribution in [0.25, 0.3) is 0 Å². The molecule has 0 aliphatic rings. The maximum absolute atomic E-state index is 11.4. The van der Waals surface area contributed by atoms with E-state index in [1.807, 2.05) is 0 Å². The van der Waals surface area contributed by atoms with Crippen LogP contribution in [0.4, 0.5) is 0 Å². The van der Waals surface area contributed by atoms with Crippen LogP contribution in [0, 0.1) is 0 Å². The first kappa shape index (κ1) is 13.7. The Bertz CT molecular complexity index is 441. The Kier molecular flexibility index (Phi) is 5.11. The number of carboxylic acids is 1. The van der Waals surface area contributed by atoms with Gasteiger partial charge in [0.1, 0.15) is 5.82 Å². The zero-order valence-corrected chi connectivity index (χ0v) is 10.0. The van der Waals surface area contributed by atoms with Crippen molar-refractivity contribution in [1.29, 1.82) is 0 Å². The molecule has 1 aromatic rings. The summed E-state index contributed by atoms with van der Waals surface area (Å²) >= 11 is 0. The fourth-order valence-electron chi connectivity index (χ4n) is 1.25. The van der Waals surface area contributed by atoms with Crippen molar-refractivity contribution >= 4 is 16.0 Å². The molecule has 0 aliphatic carbocycles. The minimum atomic E-state index is -3.39. The molecule has 96 valence electrons. The molecule has 0 fully saturated rings. The maximum atomic E-state index is 11.4. The van der Waals surface area contributed by atoms with Gasteiger partial charge in [0.2, 0.25) is 10.0 Å². The van der Waals surface area contributed by atoms with Crippen molar-refractivity contribution in [3.63, 3.8) is 0 Å². The number of aromatic amines is 1. The number of aromatic nitrogens is 2. The van der Waals surface area contributed by atoms with Crippen LogP contribution in [-0.4, -0.2) is 41.8 Å². The molecule has 0 amide bonds. The van der Waals surface area contributed by atoms with E-state index in [1.54, 1.807) is 12.4 Å². The first-order valence-corrected chi connectivity index (χ1v) is 6.82. The number of hydrogen-bond acceptors (Lipinski definition) is 4. The van der Waals surface area contributed by atoms with E-state index in [0.717, 1.165) is 0 Å². The summed E-state index contributed by atoms with van der Waals surface area (Å²) in [5.41, 5.74) is 0. The van der Waals surface area contributed by atoms with Gasteiger partial charge in [-0.15, -0.1) is 0 Å². The molecule has 0 aliphatic heterocycles. The normalized spacial score (nSPS) is 11.5. The average molecular weight is 261 g/mol. The van der Waals surface area contributed by atoms with Gasteiger partial charge in [-0.25, -0.2) is 18.1 Å². The van der Waals surface area contributed by atoms with Gasteiger partial charge in [0, 0.05) is 31.8 Å². The van der Waals surface area contributed by atoms with Crippen LogP contribution >= 0.6 is 0 Å². The highest BCUT2D eigenvalue weighted by Gasteiger charge is 2.10. The summed E-state index contributed by atoms with van der Waals surface area (Å²) in [6.45, 7) is 0.253. The number of carbonyl (C=O) groups is 1. The second-order valence-electron chi connectivity index (χ2n) is 3.50. The molecular weight excluding hydrogens is 246 g/mol. The molecule has 0 radical (unpaired) electrons. The first-order chi connectivity index (χ1) is 7.99. The number of nitrogens with zero attached hydrogens (tertiary/aromatic N) is 1. The fraction of sp³-hybridized carbons (Fsp3) is 0.556. The summed E-state index contributed by atoms with van der Waals surface area (Å²) in [4.78, 5) is 17.0. The monoisotopic (exact) mass is 261 g/mol. The predicted octanol–water partition coefficient (Wildman–Crippen LogP) is -0.264. The zero-order chi connectivity index (χ0) is 12.7. The third-order valence-electron chi connectivity index (χ3n) is 2.04. The standard InChI is InChI=1S/C9H15N3O4S/c13-9(14)2-1-7-17(15,16)12-4-3-8-10-5-6-11-8/h5-6,12H,1-4,7H2,(H,10,11)(H,13,14). The summed E-state index contributed by atoms with van der Waals surface area (Å²) in [5, 5.41) is 8.38. The van der Waals surface area contributed by atoms with Crippen LogP contribution in [-0.2, 0) is 21.2 Å². The molecule has 1 heterocycles. The zero-order valence-electron chi connectivity index (χ0n) is 9.22. The highest BCUT2D eigenvalue weighted by atomic mass is 32.2.